The second kappa shape index (κ2) is 7.92. The molecule has 0 spiro atoms. The minimum atomic E-state index is -0.926. The van der Waals surface area contributed by atoms with Crippen LogP contribution in [-0.2, 0) is 9.59 Å². The lowest BCUT2D eigenvalue weighted by molar-refractivity contribution is -0.136. The molecule has 4 amide bonds. The van der Waals surface area contributed by atoms with Gasteiger partial charge in [-0.2, -0.15) is 0 Å². The fourth-order valence-electron chi connectivity index (χ4n) is 6.32. The predicted octanol–water partition coefficient (Wildman–Crippen LogP) is 0.350. The van der Waals surface area contributed by atoms with Crippen molar-refractivity contribution in [3.8, 4) is 0 Å². The van der Waals surface area contributed by atoms with Crippen LogP contribution in [0.5, 0.6) is 0 Å². The number of likely N-dealkylation sites (tertiary alicyclic amines) is 1. The fourth-order valence-corrected chi connectivity index (χ4v) is 6.32. The van der Waals surface area contributed by atoms with Gasteiger partial charge in [0.15, 0.2) is 0 Å². The van der Waals surface area contributed by atoms with Gasteiger partial charge in [-0.15, -0.1) is 0 Å². The number of nitrogens with one attached hydrogen (secondary N) is 2. The molecule has 5 heterocycles. The number of piperazine rings is 1. The maximum absolute atomic E-state index is 13.1. The molecule has 0 aromatic heterocycles. The third-order valence-corrected chi connectivity index (χ3v) is 8.06. The summed E-state index contributed by atoms with van der Waals surface area (Å²) in [6, 6.07) is 5.50. The highest BCUT2D eigenvalue weighted by Crippen LogP contribution is 2.38. The maximum Gasteiger partial charge on any atom is 0.262 e. The molecular formula is C24H29N5O4. The molecule has 3 atom stereocenters. The topological polar surface area (TPSA) is 102 Å². The molecule has 9 nitrogen and oxygen atoms in total. The van der Waals surface area contributed by atoms with E-state index in [-0.39, 0.29) is 18.7 Å². The highest BCUT2D eigenvalue weighted by Gasteiger charge is 2.47. The molecule has 4 saturated heterocycles. The van der Waals surface area contributed by atoms with E-state index in [2.05, 4.69) is 20.4 Å². The molecule has 0 radical (unpaired) electrons. The van der Waals surface area contributed by atoms with Gasteiger partial charge >= 0.3 is 0 Å². The molecule has 6 rings (SSSR count). The Bertz CT molecular complexity index is 1040. The van der Waals surface area contributed by atoms with E-state index in [4.69, 9.17) is 0 Å². The van der Waals surface area contributed by atoms with Crippen LogP contribution in [0.4, 0.5) is 5.69 Å². The van der Waals surface area contributed by atoms with Gasteiger partial charge in [-0.3, -0.25) is 34.3 Å². The van der Waals surface area contributed by atoms with Crippen LogP contribution in [0.2, 0.25) is 0 Å². The van der Waals surface area contributed by atoms with Crippen molar-refractivity contribution in [2.75, 3.05) is 37.6 Å². The maximum atomic E-state index is 13.1. The van der Waals surface area contributed by atoms with Gasteiger partial charge in [-0.25, -0.2) is 0 Å². The monoisotopic (exact) mass is 451 g/mol. The molecule has 5 aliphatic heterocycles. The normalized spacial score (nSPS) is 30.4. The summed E-state index contributed by atoms with van der Waals surface area (Å²) in [5, 5.41) is 5.68. The second-order valence-electron chi connectivity index (χ2n) is 10.0. The van der Waals surface area contributed by atoms with E-state index >= 15 is 0 Å². The van der Waals surface area contributed by atoms with Crippen molar-refractivity contribution in [2.45, 2.75) is 50.2 Å². The van der Waals surface area contributed by atoms with Crippen LogP contribution in [0.15, 0.2) is 18.2 Å². The Hall–Kier alpha value is -2.78. The number of hydrogen-bond acceptors (Lipinski definition) is 7. The number of hydrogen-bond donors (Lipinski definition) is 2. The van der Waals surface area contributed by atoms with Crippen molar-refractivity contribution in [1.82, 2.24) is 20.4 Å². The van der Waals surface area contributed by atoms with Gasteiger partial charge in [0.05, 0.1) is 11.1 Å². The number of rotatable bonds is 4. The molecule has 2 bridgehead atoms. The largest absolute Gasteiger partial charge is 0.366 e. The van der Waals surface area contributed by atoms with Gasteiger partial charge in [0, 0.05) is 43.8 Å². The summed E-state index contributed by atoms with van der Waals surface area (Å²) in [5.74, 6) is -1.06. The summed E-state index contributed by atoms with van der Waals surface area (Å²) in [6.45, 7) is 5.40. The van der Waals surface area contributed by atoms with Gasteiger partial charge in [0.2, 0.25) is 11.8 Å². The second-order valence-corrected chi connectivity index (χ2v) is 10.0. The predicted molar refractivity (Wildman–Crippen MR) is 120 cm³/mol. The summed E-state index contributed by atoms with van der Waals surface area (Å²) in [4.78, 5) is 55.9. The van der Waals surface area contributed by atoms with E-state index in [0.29, 0.717) is 23.2 Å². The number of carbonyl (C=O) groups excluding carboxylic acids is 4. The van der Waals surface area contributed by atoms with Crippen molar-refractivity contribution >= 4 is 29.3 Å². The minimum Gasteiger partial charge on any atom is -0.366 e. The molecule has 4 fully saturated rings. The van der Waals surface area contributed by atoms with Crippen molar-refractivity contribution in [3.05, 3.63) is 29.3 Å². The zero-order valence-corrected chi connectivity index (χ0v) is 18.6. The van der Waals surface area contributed by atoms with Gasteiger partial charge < -0.3 is 10.2 Å². The van der Waals surface area contributed by atoms with Crippen LogP contribution in [0.1, 0.15) is 52.8 Å². The Morgan fingerprint density at radius 1 is 0.909 bits per heavy atom. The number of fused-ring (bicyclic) bond motifs is 3. The Balaban J connectivity index is 1.17. The first-order valence-corrected chi connectivity index (χ1v) is 12.1. The molecule has 2 N–H and O–H groups in total. The summed E-state index contributed by atoms with van der Waals surface area (Å²) >= 11 is 0. The van der Waals surface area contributed by atoms with E-state index < -0.39 is 23.8 Å². The first-order valence-electron chi connectivity index (χ1n) is 12.1. The molecule has 1 unspecified atom stereocenters. The average molecular weight is 452 g/mol. The van der Waals surface area contributed by atoms with Gasteiger partial charge in [-0.1, -0.05) is 0 Å². The third kappa shape index (κ3) is 3.45. The summed E-state index contributed by atoms with van der Waals surface area (Å²) in [7, 11) is 0. The molecule has 0 saturated carbocycles. The number of imide groups is 2. The molecule has 0 aliphatic carbocycles. The number of anilines is 1. The minimum absolute atomic E-state index is 0.125. The first kappa shape index (κ1) is 20.8. The lowest BCUT2D eigenvalue weighted by Gasteiger charge is -2.38. The van der Waals surface area contributed by atoms with Crippen molar-refractivity contribution in [3.63, 3.8) is 0 Å². The van der Waals surface area contributed by atoms with Crippen molar-refractivity contribution in [1.29, 1.82) is 0 Å². The van der Waals surface area contributed by atoms with Crippen molar-refractivity contribution in [2.24, 2.45) is 5.92 Å². The van der Waals surface area contributed by atoms with Crippen LogP contribution < -0.4 is 15.5 Å². The highest BCUT2D eigenvalue weighted by molar-refractivity contribution is 6.23. The fraction of sp³-hybridized carbons (Fsp3) is 0.583. The Morgan fingerprint density at radius 3 is 2.42 bits per heavy atom. The quantitative estimate of drug-likeness (QED) is 0.637. The third-order valence-electron chi connectivity index (χ3n) is 8.06. The van der Waals surface area contributed by atoms with Crippen LogP contribution in [0.25, 0.3) is 0 Å². The molecule has 33 heavy (non-hydrogen) atoms. The molecular weight excluding hydrogens is 422 g/mol. The summed E-state index contributed by atoms with van der Waals surface area (Å²) in [5.41, 5.74) is 1.66. The van der Waals surface area contributed by atoms with Crippen LogP contribution >= 0.6 is 0 Å². The van der Waals surface area contributed by atoms with E-state index in [0.717, 1.165) is 49.1 Å². The number of amides is 4. The lowest BCUT2D eigenvalue weighted by Crippen LogP contribution is -2.54. The van der Waals surface area contributed by atoms with E-state index in [1.54, 1.807) is 6.07 Å². The van der Waals surface area contributed by atoms with Crippen LogP contribution in [-0.4, -0.2) is 84.3 Å². The smallest absolute Gasteiger partial charge is 0.262 e. The van der Waals surface area contributed by atoms with Crippen LogP contribution in [0, 0.1) is 5.92 Å². The van der Waals surface area contributed by atoms with Crippen molar-refractivity contribution < 1.29 is 19.2 Å². The average Bonchev–Trinajstić information content (AvgIpc) is 3.47. The number of carbonyl (C=O) groups is 4. The zero-order chi connectivity index (χ0) is 22.7. The molecule has 1 aromatic carbocycles. The summed E-state index contributed by atoms with van der Waals surface area (Å²) in [6.07, 6.45) is 3.94. The van der Waals surface area contributed by atoms with E-state index in [9.17, 15) is 19.2 Å². The molecule has 9 heteroatoms. The SMILES string of the molecule is O=C1CCC(N2C(=O)c3ccc(N4C[C@@H]5C[C@H]4CN5CC4CCNCC4)cc3C2=O)C(=O)N1. The lowest BCUT2D eigenvalue weighted by atomic mass is 9.97. The van der Waals surface area contributed by atoms with E-state index in [1.807, 2.05) is 12.1 Å². The van der Waals surface area contributed by atoms with E-state index in [1.165, 1.54) is 19.4 Å². The van der Waals surface area contributed by atoms with Crippen LogP contribution in [0.3, 0.4) is 0 Å². The van der Waals surface area contributed by atoms with Gasteiger partial charge in [0.25, 0.3) is 11.8 Å². The number of nitrogens with zero attached hydrogens (tertiary/aromatic N) is 3. The Labute approximate surface area is 192 Å². The zero-order valence-electron chi connectivity index (χ0n) is 18.6. The van der Waals surface area contributed by atoms with Gasteiger partial charge in [0.1, 0.15) is 6.04 Å². The van der Waals surface area contributed by atoms with Gasteiger partial charge in [-0.05, 0) is 62.9 Å². The Kier molecular flexibility index (Phi) is 4.99. The molecule has 174 valence electrons. The number of piperidine rings is 2. The first-order chi connectivity index (χ1) is 16.0. The standard InChI is InChI=1S/C24H29N5O4/c30-21-4-3-20(22(31)26-21)29-23(32)18-2-1-15(10-19(18)24(29)33)28-13-16-9-17(28)12-27(16)11-14-5-7-25-8-6-14/h1-2,10,14,16-17,20,25H,3-9,11-13H2,(H,26,30,31)/t16-,17-,20?/m0/s1. The molecule has 1 aromatic rings. The number of benzene rings is 1. The molecule has 5 aliphatic rings. The highest BCUT2D eigenvalue weighted by atomic mass is 16.2. The summed E-state index contributed by atoms with van der Waals surface area (Å²) < 4.78 is 0. The Morgan fingerprint density at radius 2 is 1.70 bits per heavy atom.